The van der Waals surface area contributed by atoms with Crippen LogP contribution in [0.1, 0.15) is 11.1 Å². The van der Waals surface area contributed by atoms with Crippen molar-refractivity contribution in [3.05, 3.63) is 59.4 Å². The molecule has 0 unspecified atom stereocenters. The van der Waals surface area contributed by atoms with E-state index in [2.05, 4.69) is 10.6 Å². The van der Waals surface area contributed by atoms with Gasteiger partial charge in [0.25, 0.3) is 0 Å². The molecule has 2 aromatic carbocycles. The van der Waals surface area contributed by atoms with Crippen LogP contribution in [-0.2, 0) is 17.6 Å². The predicted molar refractivity (Wildman–Crippen MR) is 98.6 cm³/mol. The monoisotopic (exact) mass is 374 g/mol. The maximum atomic E-state index is 13.2. The smallest absolute Gasteiger partial charge is 0.315 e. The van der Waals surface area contributed by atoms with E-state index in [1.807, 2.05) is 18.2 Å². The van der Waals surface area contributed by atoms with Gasteiger partial charge in [-0.15, -0.1) is 0 Å². The van der Waals surface area contributed by atoms with Crippen LogP contribution in [0.4, 0.5) is 9.18 Å². The van der Waals surface area contributed by atoms with Crippen LogP contribution in [0.15, 0.2) is 42.5 Å². The molecule has 2 aromatic rings. The summed E-state index contributed by atoms with van der Waals surface area (Å²) >= 11 is 0. The average molecular weight is 374 g/mol. The fourth-order valence-electron chi connectivity index (χ4n) is 2.93. The number of carbonyl (C=O) groups excluding carboxylic acids is 1. The van der Waals surface area contributed by atoms with E-state index < -0.39 is 0 Å². The van der Waals surface area contributed by atoms with Crippen LogP contribution in [0.5, 0.6) is 11.5 Å². The van der Waals surface area contributed by atoms with Gasteiger partial charge in [0, 0.05) is 19.7 Å². The molecule has 3 rings (SSSR count). The third-order valence-corrected chi connectivity index (χ3v) is 4.24. The van der Waals surface area contributed by atoms with Crippen LogP contribution >= 0.6 is 0 Å². The van der Waals surface area contributed by atoms with E-state index in [-0.39, 0.29) is 24.7 Å². The number of hydrogen-bond donors (Lipinski definition) is 2. The summed E-state index contributed by atoms with van der Waals surface area (Å²) in [6.45, 7) is 1.09. The van der Waals surface area contributed by atoms with Gasteiger partial charge >= 0.3 is 6.03 Å². The first-order valence-corrected chi connectivity index (χ1v) is 8.80. The maximum Gasteiger partial charge on any atom is 0.315 e. The normalized spacial score (nSPS) is 13.3. The van der Waals surface area contributed by atoms with Gasteiger partial charge in [-0.25, -0.2) is 9.18 Å². The fraction of sp³-hybridized carbons (Fsp3) is 0.350. The number of methoxy groups -OCH3 is 1. The molecule has 0 saturated heterocycles. The Morgan fingerprint density at radius 1 is 1.11 bits per heavy atom. The lowest BCUT2D eigenvalue weighted by Crippen LogP contribution is -2.45. The third-order valence-electron chi connectivity index (χ3n) is 4.24. The highest BCUT2D eigenvalue weighted by Gasteiger charge is 2.17. The first-order chi connectivity index (χ1) is 13.1. The Morgan fingerprint density at radius 3 is 2.59 bits per heavy atom. The van der Waals surface area contributed by atoms with Crippen LogP contribution < -0.4 is 20.1 Å². The van der Waals surface area contributed by atoms with Crippen molar-refractivity contribution >= 4 is 6.03 Å². The minimum Gasteiger partial charge on any atom is -0.454 e. The quantitative estimate of drug-likeness (QED) is 0.697. The van der Waals surface area contributed by atoms with Crippen molar-refractivity contribution in [2.24, 2.45) is 0 Å². The minimum absolute atomic E-state index is 0.168. The zero-order valence-electron chi connectivity index (χ0n) is 15.2. The molecule has 0 saturated carbocycles. The largest absolute Gasteiger partial charge is 0.454 e. The Kier molecular flexibility index (Phi) is 6.49. The molecule has 2 N–H and O–H groups in total. The van der Waals surface area contributed by atoms with Gasteiger partial charge in [-0.05, 0) is 48.2 Å². The van der Waals surface area contributed by atoms with Crippen LogP contribution in [0.25, 0.3) is 0 Å². The average Bonchev–Trinajstić information content (AvgIpc) is 3.11. The number of rotatable bonds is 8. The zero-order valence-corrected chi connectivity index (χ0v) is 15.2. The van der Waals surface area contributed by atoms with E-state index in [0.717, 1.165) is 16.9 Å². The molecule has 1 aliphatic heterocycles. The Labute approximate surface area is 157 Å². The number of ether oxygens (including phenoxy) is 3. The molecule has 144 valence electrons. The third kappa shape index (κ3) is 5.59. The molecule has 1 heterocycles. The van der Waals surface area contributed by atoms with Gasteiger partial charge < -0.3 is 24.8 Å². The summed E-state index contributed by atoms with van der Waals surface area (Å²) in [4.78, 5) is 12.2. The van der Waals surface area contributed by atoms with Crippen LogP contribution in [0.2, 0.25) is 0 Å². The molecule has 6 nitrogen and oxygen atoms in total. The summed E-state index contributed by atoms with van der Waals surface area (Å²) < 4.78 is 28.9. The Balaban J connectivity index is 1.68. The Hall–Kier alpha value is -2.80. The molecule has 0 radical (unpaired) electrons. The molecule has 1 atom stereocenters. The van der Waals surface area contributed by atoms with Gasteiger partial charge in [0.15, 0.2) is 11.5 Å². The molecule has 0 spiro atoms. The molecule has 0 fully saturated rings. The predicted octanol–water partition coefficient (Wildman–Crippen LogP) is 2.65. The molecule has 27 heavy (non-hydrogen) atoms. The summed E-state index contributed by atoms with van der Waals surface area (Å²) in [6, 6.07) is 11.6. The number of halogens is 1. The van der Waals surface area contributed by atoms with Crippen molar-refractivity contribution < 1.29 is 23.4 Å². The fourth-order valence-corrected chi connectivity index (χ4v) is 2.93. The highest BCUT2D eigenvalue weighted by Crippen LogP contribution is 2.32. The SMILES string of the molecule is COCCNC(=O)N[C@H](Cc1ccc(F)cc1)Cc1ccc2c(c1)OCO2. The van der Waals surface area contributed by atoms with E-state index in [1.165, 1.54) is 12.1 Å². The number of urea groups is 1. The van der Waals surface area contributed by atoms with Gasteiger partial charge in [0.05, 0.1) is 6.61 Å². The van der Waals surface area contributed by atoms with Gasteiger partial charge in [-0.1, -0.05) is 18.2 Å². The van der Waals surface area contributed by atoms with Crippen molar-refractivity contribution in [1.29, 1.82) is 0 Å². The van der Waals surface area contributed by atoms with E-state index in [9.17, 15) is 9.18 Å². The molecule has 1 aliphatic rings. The summed E-state index contributed by atoms with van der Waals surface area (Å²) in [5.74, 6) is 1.15. The van der Waals surface area contributed by atoms with Crippen LogP contribution in [0.3, 0.4) is 0 Å². The second-order valence-corrected chi connectivity index (χ2v) is 6.31. The standard InChI is InChI=1S/C20H23FN2O4/c1-25-9-8-22-20(24)23-17(10-14-2-5-16(21)6-3-14)11-15-4-7-18-19(12-15)27-13-26-18/h2-7,12,17H,8-11,13H2,1H3,(H2,22,23,24)/t17-/m1/s1. The maximum absolute atomic E-state index is 13.2. The van der Waals surface area contributed by atoms with Gasteiger partial charge in [0.2, 0.25) is 6.79 Å². The van der Waals surface area contributed by atoms with Crippen molar-refractivity contribution in [2.75, 3.05) is 27.1 Å². The van der Waals surface area contributed by atoms with Gasteiger partial charge in [0.1, 0.15) is 5.82 Å². The van der Waals surface area contributed by atoms with E-state index >= 15 is 0 Å². The van der Waals surface area contributed by atoms with Crippen molar-refractivity contribution in [2.45, 2.75) is 18.9 Å². The summed E-state index contributed by atoms with van der Waals surface area (Å²) in [5.41, 5.74) is 1.96. The van der Waals surface area contributed by atoms with E-state index in [1.54, 1.807) is 19.2 Å². The molecule has 0 bridgehead atoms. The van der Waals surface area contributed by atoms with Gasteiger partial charge in [-0.2, -0.15) is 0 Å². The van der Waals surface area contributed by atoms with E-state index in [4.69, 9.17) is 14.2 Å². The number of hydrogen-bond acceptors (Lipinski definition) is 4. The molecule has 0 aliphatic carbocycles. The highest BCUT2D eigenvalue weighted by atomic mass is 19.1. The summed E-state index contributed by atoms with van der Waals surface area (Å²) in [7, 11) is 1.58. The number of fused-ring (bicyclic) bond motifs is 1. The Bertz CT molecular complexity index is 767. The molecule has 0 aromatic heterocycles. The first kappa shape index (κ1) is 19.0. The van der Waals surface area contributed by atoms with Gasteiger partial charge in [-0.3, -0.25) is 0 Å². The highest BCUT2D eigenvalue weighted by molar-refractivity contribution is 5.74. The topological polar surface area (TPSA) is 68.8 Å². The number of nitrogens with one attached hydrogen (secondary N) is 2. The zero-order chi connectivity index (χ0) is 19.1. The molecular formula is C20H23FN2O4. The number of benzene rings is 2. The Morgan fingerprint density at radius 2 is 1.81 bits per heavy atom. The van der Waals surface area contributed by atoms with Crippen LogP contribution in [-0.4, -0.2) is 39.1 Å². The second kappa shape index (κ2) is 9.23. The van der Waals surface area contributed by atoms with E-state index in [0.29, 0.717) is 31.7 Å². The lowest BCUT2D eigenvalue weighted by Gasteiger charge is -2.20. The molecule has 2 amide bonds. The van der Waals surface area contributed by atoms with Crippen LogP contribution in [0, 0.1) is 5.82 Å². The summed E-state index contributed by atoms with van der Waals surface area (Å²) in [6.07, 6.45) is 1.18. The lowest BCUT2D eigenvalue weighted by molar-refractivity contribution is 0.174. The number of carbonyl (C=O) groups is 1. The first-order valence-electron chi connectivity index (χ1n) is 8.80. The summed E-state index contributed by atoms with van der Waals surface area (Å²) in [5, 5.41) is 5.74. The second-order valence-electron chi connectivity index (χ2n) is 6.31. The molecular weight excluding hydrogens is 351 g/mol. The molecule has 7 heteroatoms. The van der Waals surface area contributed by atoms with Crippen molar-refractivity contribution in [3.8, 4) is 11.5 Å². The lowest BCUT2D eigenvalue weighted by atomic mass is 9.98. The number of amides is 2. The van der Waals surface area contributed by atoms with Crippen molar-refractivity contribution in [1.82, 2.24) is 10.6 Å². The van der Waals surface area contributed by atoms with Crippen molar-refractivity contribution in [3.63, 3.8) is 0 Å². The minimum atomic E-state index is -0.281.